The van der Waals surface area contributed by atoms with Gasteiger partial charge in [0, 0.05) is 25.3 Å². The minimum absolute atomic E-state index is 0.229. The molecular weight excluding hydrogens is 320 g/mol. The van der Waals surface area contributed by atoms with Gasteiger partial charge in [0.2, 0.25) is 0 Å². The van der Waals surface area contributed by atoms with Crippen LogP contribution in [0.1, 0.15) is 19.3 Å². The van der Waals surface area contributed by atoms with Gasteiger partial charge < -0.3 is 25.2 Å². The molecule has 0 saturated heterocycles. The van der Waals surface area contributed by atoms with E-state index in [4.69, 9.17) is 14.6 Å². The molecule has 1 saturated carbocycles. The fraction of sp³-hybridized carbons (Fsp3) is 0.444. The van der Waals surface area contributed by atoms with Crippen LogP contribution in [0.2, 0.25) is 0 Å². The van der Waals surface area contributed by atoms with Gasteiger partial charge in [-0.15, -0.1) is 0 Å². The zero-order chi connectivity index (χ0) is 17.7. The highest BCUT2D eigenvalue weighted by atomic mass is 16.5. The van der Waals surface area contributed by atoms with Crippen molar-refractivity contribution >= 4 is 17.3 Å². The topological polar surface area (TPSA) is 88.5 Å². The van der Waals surface area contributed by atoms with E-state index < -0.39 is 0 Å². The molecule has 0 radical (unpaired) electrons. The number of hydrogen-bond acceptors (Lipinski definition) is 7. The molecule has 0 amide bonds. The monoisotopic (exact) mass is 344 g/mol. The summed E-state index contributed by atoms with van der Waals surface area (Å²) in [6.45, 7) is 1.05. The molecule has 0 aliphatic heterocycles. The van der Waals surface area contributed by atoms with E-state index in [9.17, 15) is 0 Å². The fourth-order valence-corrected chi connectivity index (χ4v) is 2.77. The van der Waals surface area contributed by atoms with Crippen LogP contribution in [0.15, 0.2) is 30.6 Å². The van der Waals surface area contributed by atoms with Crippen molar-refractivity contribution in [2.75, 3.05) is 38.0 Å². The number of nitrogens with one attached hydrogen (secondary N) is 2. The second-order valence-electron chi connectivity index (χ2n) is 6.31. The summed E-state index contributed by atoms with van der Waals surface area (Å²) in [7, 11) is 3.23. The van der Waals surface area contributed by atoms with Crippen LogP contribution in [0.4, 0.5) is 17.3 Å². The highest BCUT2D eigenvalue weighted by molar-refractivity contribution is 5.66. The molecule has 1 heterocycles. The molecule has 1 aromatic carbocycles. The zero-order valence-corrected chi connectivity index (χ0v) is 14.6. The van der Waals surface area contributed by atoms with Gasteiger partial charge >= 0.3 is 0 Å². The summed E-state index contributed by atoms with van der Waals surface area (Å²) >= 11 is 0. The summed E-state index contributed by atoms with van der Waals surface area (Å²) in [4.78, 5) is 8.53. The normalized spacial score (nSPS) is 14.7. The molecule has 25 heavy (non-hydrogen) atoms. The van der Waals surface area contributed by atoms with Crippen LogP contribution in [-0.4, -0.2) is 42.4 Å². The van der Waals surface area contributed by atoms with Crippen LogP contribution >= 0.6 is 0 Å². The van der Waals surface area contributed by atoms with E-state index in [0.29, 0.717) is 11.6 Å². The van der Waals surface area contributed by atoms with Crippen molar-refractivity contribution < 1.29 is 14.6 Å². The number of nitrogens with zero attached hydrogens (tertiary/aromatic N) is 2. The Hall–Kier alpha value is -2.54. The van der Waals surface area contributed by atoms with Crippen LogP contribution in [0, 0.1) is 5.41 Å². The summed E-state index contributed by atoms with van der Waals surface area (Å²) in [6, 6.07) is 7.41. The molecule has 0 unspecified atom stereocenters. The Morgan fingerprint density at radius 3 is 2.60 bits per heavy atom. The molecule has 0 spiro atoms. The molecule has 3 N–H and O–H groups in total. The van der Waals surface area contributed by atoms with Crippen molar-refractivity contribution in [1.29, 1.82) is 0 Å². The zero-order valence-electron chi connectivity index (χ0n) is 14.6. The maximum absolute atomic E-state index is 9.15. The fourth-order valence-electron chi connectivity index (χ4n) is 2.77. The van der Waals surface area contributed by atoms with E-state index in [1.807, 2.05) is 24.3 Å². The number of aliphatic hydroxyl groups is 1. The molecule has 0 bridgehead atoms. The lowest BCUT2D eigenvalue weighted by atomic mass is 10.0. The van der Waals surface area contributed by atoms with Gasteiger partial charge in [-0.2, -0.15) is 0 Å². The lowest BCUT2D eigenvalue weighted by Gasteiger charge is -2.16. The Labute approximate surface area is 147 Å². The molecule has 7 heteroatoms. The van der Waals surface area contributed by atoms with Gasteiger partial charge in [0.1, 0.15) is 29.5 Å². The number of rotatable bonds is 9. The van der Waals surface area contributed by atoms with Gasteiger partial charge in [0.15, 0.2) is 0 Å². The predicted octanol–water partition coefficient (Wildman–Crippen LogP) is 2.81. The number of aromatic nitrogens is 2. The Bertz CT molecular complexity index is 719. The van der Waals surface area contributed by atoms with E-state index in [1.165, 1.54) is 6.33 Å². The van der Waals surface area contributed by atoms with Gasteiger partial charge in [0.05, 0.1) is 19.9 Å². The number of aliphatic hydroxyl groups excluding tert-OH is 1. The Morgan fingerprint density at radius 1 is 1.12 bits per heavy atom. The van der Waals surface area contributed by atoms with Crippen molar-refractivity contribution in [3.8, 4) is 11.5 Å². The van der Waals surface area contributed by atoms with E-state index in [2.05, 4.69) is 20.6 Å². The van der Waals surface area contributed by atoms with Crippen molar-refractivity contribution in [3.63, 3.8) is 0 Å². The maximum Gasteiger partial charge on any atom is 0.146 e. The molecule has 134 valence electrons. The van der Waals surface area contributed by atoms with Gasteiger partial charge in [-0.3, -0.25) is 0 Å². The van der Waals surface area contributed by atoms with E-state index in [1.54, 1.807) is 14.2 Å². The minimum Gasteiger partial charge on any atom is -0.497 e. The maximum atomic E-state index is 9.15. The summed E-state index contributed by atoms with van der Waals surface area (Å²) in [5, 5.41) is 15.7. The third-order valence-corrected chi connectivity index (χ3v) is 4.58. The van der Waals surface area contributed by atoms with Crippen molar-refractivity contribution in [2.45, 2.75) is 19.3 Å². The highest BCUT2D eigenvalue weighted by Gasteiger charge is 2.41. The minimum atomic E-state index is 0.229. The Balaban J connectivity index is 1.67. The van der Waals surface area contributed by atoms with Gasteiger partial charge in [0.25, 0.3) is 0 Å². The average molecular weight is 344 g/mol. The van der Waals surface area contributed by atoms with Crippen molar-refractivity contribution in [1.82, 2.24) is 9.97 Å². The number of benzene rings is 1. The number of methoxy groups -OCH3 is 2. The highest BCUT2D eigenvalue weighted by Crippen LogP contribution is 2.48. The molecule has 1 aliphatic rings. The van der Waals surface area contributed by atoms with Crippen LogP contribution < -0.4 is 20.1 Å². The first-order chi connectivity index (χ1) is 12.2. The number of anilines is 3. The second-order valence-corrected chi connectivity index (χ2v) is 6.31. The Morgan fingerprint density at radius 2 is 1.92 bits per heavy atom. The van der Waals surface area contributed by atoms with Gasteiger partial charge in [-0.1, -0.05) is 0 Å². The average Bonchev–Trinajstić information content (AvgIpc) is 3.41. The molecule has 2 aromatic rings. The molecule has 1 aromatic heterocycles. The van der Waals surface area contributed by atoms with Crippen LogP contribution in [-0.2, 0) is 0 Å². The Kier molecular flexibility index (Phi) is 5.23. The third-order valence-electron chi connectivity index (χ3n) is 4.58. The third kappa shape index (κ3) is 4.30. The van der Waals surface area contributed by atoms with Crippen LogP contribution in [0.25, 0.3) is 0 Å². The van der Waals surface area contributed by atoms with Crippen LogP contribution in [0.5, 0.6) is 11.5 Å². The summed E-state index contributed by atoms with van der Waals surface area (Å²) < 4.78 is 10.6. The standard InChI is InChI=1S/C18H24N4O3/c1-24-13-3-4-14(15(9-13)25-2)22-17-10-16(20-12-21-17)19-11-18(5-6-18)7-8-23/h3-4,9-10,12,23H,5-8,11H2,1-2H3,(H2,19,20,21,22). The van der Waals surface area contributed by atoms with Gasteiger partial charge in [-0.25, -0.2) is 9.97 Å². The van der Waals surface area contributed by atoms with Crippen molar-refractivity contribution in [3.05, 3.63) is 30.6 Å². The smallest absolute Gasteiger partial charge is 0.146 e. The van der Waals surface area contributed by atoms with Crippen molar-refractivity contribution in [2.24, 2.45) is 5.41 Å². The second kappa shape index (κ2) is 7.57. The van der Waals surface area contributed by atoms with Crippen LogP contribution in [0.3, 0.4) is 0 Å². The van der Waals surface area contributed by atoms with E-state index in [0.717, 1.165) is 43.1 Å². The molecule has 1 aliphatic carbocycles. The van der Waals surface area contributed by atoms with E-state index >= 15 is 0 Å². The molecule has 3 rings (SSSR count). The lowest BCUT2D eigenvalue weighted by Crippen LogP contribution is -2.17. The molecular formula is C18H24N4O3. The quantitative estimate of drug-likeness (QED) is 0.644. The van der Waals surface area contributed by atoms with E-state index in [-0.39, 0.29) is 12.0 Å². The summed E-state index contributed by atoms with van der Waals surface area (Å²) in [6.07, 6.45) is 4.66. The summed E-state index contributed by atoms with van der Waals surface area (Å²) in [5.74, 6) is 2.83. The molecule has 7 nitrogen and oxygen atoms in total. The first kappa shape index (κ1) is 17.3. The predicted molar refractivity (Wildman–Crippen MR) is 96.7 cm³/mol. The SMILES string of the molecule is COc1ccc(Nc2cc(NCC3(CCO)CC3)ncn2)c(OC)c1. The largest absolute Gasteiger partial charge is 0.497 e. The first-order valence-corrected chi connectivity index (χ1v) is 8.34. The first-order valence-electron chi connectivity index (χ1n) is 8.34. The molecule has 0 atom stereocenters. The lowest BCUT2D eigenvalue weighted by molar-refractivity contribution is 0.253. The number of ether oxygens (including phenoxy) is 2. The molecule has 1 fully saturated rings. The number of hydrogen-bond donors (Lipinski definition) is 3. The van der Waals surface area contributed by atoms with Gasteiger partial charge in [-0.05, 0) is 36.8 Å². The summed E-state index contributed by atoms with van der Waals surface area (Å²) in [5.41, 5.74) is 1.03.